The lowest BCUT2D eigenvalue weighted by Gasteiger charge is -1.95. The molecule has 0 N–H and O–H groups in total. The number of pyridine rings is 1. The smallest absolute Gasteiger partial charge is 0.101 e. The fourth-order valence-electron chi connectivity index (χ4n) is 1.30. The van der Waals surface area contributed by atoms with Gasteiger partial charge in [0.1, 0.15) is 6.07 Å². The van der Waals surface area contributed by atoms with Gasteiger partial charge < -0.3 is 4.40 Å². The molecule has 2 nitrogen and oxygen atoms in total. The number of hydrogen-bond acceptors (Lipinski definition) is 1. The maximum absolute atomic E-state index is 8.75. The maximum atomic E-state index is 8.75. The highest BCUT2D eigenvalue weighted by molar-refractivity contribution is 5.62. The summed E-state index contributed by atoms with van der Waals surface area (Å²) in [5.74, 6) is 0. The zero-order valence-corrected chi connectivity index (χ0v) is 6.78. The van der Waals surface area contributed by atoms with Crippen LogP contribution in [-0.4, -0.2) is 4.40 Å². The molecular weight excluding hydrogens is 148 g/mol. The van der Waals surface area contributed by atoms with Crippen molar-refractivity contribution in [3.63, 3.8) is 0 Å². The summed E-state index contributed by atoms with van der Waals surface area (Å²) < 4.78 is 1.95. The molecule has 0 radical (unpaired) electrons. The van der Waals surface area contributed by atoms with Crippen LogP contribution >= 0.6 is 0 Å². The third kappa shape index (κ3) is 0.876. The molecule has 0 aromatic carbocycles. The first-order chi connectivity index (χ1) is 5.81. The molecule has 58 valence electrons. The van der Waals surface area contributed by atoms with Gasteiger partial charge in [0.25, 0.3) is 0 Å². The quantitative estimate of drug-likeness (QED) is 0.574. The van der Waals surface area contributed by atoms with Crippen LogP contribution in [0, 0.1) is 18.3 Å². The predicted octanol–water partition coefficient (Wildman–Crippen LogP) is 2.12. The average Bonchev–Trinajstić information content (AvgIpc) is 2.46. The molecule has 12 heavy (non-hydrogen) atoms. The molecule has 2 aromatic rings. The topological polar surface area (TPSA) is 28.2 Å². The highest BCUT2D eigenvalue weighted by Gasteiger charge is 1.99. The molecule has 0 fully saturated rings. The van der Waals surface area contributed by atoms with Crippen molar-refractivity contribution in [3.05, 3.63) is 41.7 Å². The first kappa shape index (κ1) is 6.93. The molecule has 0 bridgehead atoms. The predicted molar refractivity (Wildman–Crippen MR) is 46.8 cm³/mol. The summed E-state index contributed by atoms with van der Waals surface area (Å²) in [4.78, 5) is 0. The number of aryl methyl sites for hydroxylation is 1. The normalized spacial score (nSPS) is 10.0. The third-order valence-corrected chi connectivity index (χ3v) is 1.94. The van der Waals surface area contributed by atoms with Gasteiger partial charge in [0.15, 0.2) is 0 Å². The molecule has 2 heterocycles. The fourth-order valence-corrected chi connectivity index (χ4v) is 1.30. The largest absolute Gasteiger partial charge is 0.323 e. The van der Waals surface area contributed by atoms with Gasteiger partial charge in [-0.3, -0.25) is 0 Å². The van der Waals surface area contributed by atoms with Crippen molar-refractivity contribution in [1.82, 2.24) is 4.40 Å². The van der Waals surface area contributed by atoms with Gasteiger partial charge >= 0.3 is 0 Å². The van der Waals surface area contributed by atoms with Gasteiger partial charge in [0.05, 0.1) is 11.1 Å². The number of nitrogens with zero attached hydrogens (tertiary/aromatic N) is 2. The Morgan fingerprint density at radius 1 is 1.33 bits per heavy atom. The van der Waals surface area contributed by atoms with Crippen LogP contribution in [0.5, 0.6) is 0 Å². The molecule has 0 aliphatic carbocycles. The van der Waals surface area contributed by atoms with Crippen LogP contribution in [-0.2, 0) is 0 Å². The van der Waals surface area contributed by atoms with Gasteiger partial charge in [-0.25, -0.2) is 0 Å². The van der Waals surface area contributed by atoms with Crippen molar-refractivity contribution in [1.29, 1.82) is 5.26 Å². The van der Waals surface area contributed by atoms with Crippen LogP contribution < -0.4 is 0 Å². The lowest BCUT2D eigenvalue weighted by Crippen LogP contribution is -1.82. The molecule has 2 rings (SSSR count). The second kappa shape index (κ2) is 2.38. The van der Waals surface area contributed by atoms with E-state index in [1.165, 1.54) is 5.56 Å². The molecule has 2 heteroatoms. The second-order valence-electron chi connectivity index (χ2n) is 2.84. The summed E-state index contributed by atoms with van der Waals surface area (Å²) in [6, 6.07) is 8.02. The van der Waals surface area contributed by atoms with Gasteiger partial charge in [-0.1, -0.05) is 0 Å². The molecule has 0 aliphatic rings. The van der Waals surface area contributed by atoms with Crippen molar-refractivity contribution in [2.45, 2.75) is 6.92 Å². The van der Waals surface area contributed by atoms with E-state index < -0.39 is 0 Å². The zero-order valence-electron chi connectivity index (χ0n) is 6.78. The van der Waals surface area contributed by atoms with Crippen LogP contribution in [0.2, 0.25) is 0 Å². The summed E-state index contributed by atoms with van der Waals surface area (Å²) in [6.45, 7) is 2.02. The molecule has 0 saturated carbocycles. The van der Waals surface area contributed by atoms with E-state index in [-0.39, 0.29) is 0 Å². The Balaban J connectivity index is 2.86. The maximum Gasteiger partial charge on any atom is 0.101 e. The van der Waals surface area contributed by atoms with Gasteiger partial charge in [-0.2, -0.15) is 5.26 Å². The van der Waals surface area contributed by atoms with Crippen molar-refractivity contribution in [2.24, 2.45) is 0 Å². The summed E-state index contributed by atoms with van der Waals surface area (Å²) in [5, 5.41) is 8.75. The minimum absolute atomic E-state index is 0.735. The highest BCUT2D eigenvalue weighted by Crippen LogP contribution is 2.12. The molecule has 0 atom stereocenters. The minimum Gasteiger partial charge on any atom is -0.323 e. The molecule has 0 saturated heterocycles. The molecule has 2 aromatic heterocycles. The van der Waals surface area contributed by atoms with E-state index in [1.54, 1.807) is 0 Å². The van der Waals surface area contributed by atoms with E-state index in [0.29, 0.717) is 0 Å². The molecule has 0 aliphatic heterocycles. The van der Waals surface area contributed by atoms with Crippen LogP contribution in [0.4, 0.5) is 0 Å². The van der Waals surface area contributed by atoms with E-state index >= 15 is 0 Å². The standard InChI is InChI=1S/C10H8N2/c1-8-2-4-12-5-3-9(7-11)10(12)6-8/h2-6H,1H3. The Labute approximate surface area is 70.7 Å². The van der Waals surface area contributed by atoms with E-state index in [0.717, 1.165) is 11.1 Å². The molecular formula is C10H8N2. The van der Waals surface area contributed by atoms with Gasteiger partial charge in [-0.05, 0) is 30.7 Å². The number of aromatic nitrogens is 1. The number of nitriles is 1. The number of rotatable bonds is 0. The van der Waals surface area contributed by atoms with Gasteiger partial charge in [0, 0.05) is 12.4 Å². The minimum atomic E-state index is 0.735. The average molecular weight is 156 g/mol. The highest BCUT2D eigenvalue weighted by atomic mass is 14.8. The van der Waals surface area contributed by atoms with Crippen molar-refractivity contribution < 1.29 is 0 Å². The summed E-state index contributed by atoms with van der Waals surface area (Å²) in [7, 11) is 0. The summed E-state index contributed by atoms with van der Waals surface area (Å²) in [6.07, 6.45) is 3.86. The van der Waals surface area contributed by atoms with Crippen LogP contribution in [0.3, 0.4) is 0 Å². The Kier molecular flexibility index (Phi) is 1.38. The molecule has 0 spiro atoms. The molecule has 0 unspecified atom stereocenters. The lowest BCUT2D eigenvalue weighted by atomic mass is 10.2. The fraction of sp³-hybridized carbons (Fsp3) is 0.100. The summed E-state index contributed by atoms with van der Waals surface area (Å²) in [5.41, 5.74) is 2.90. The first-order valence-electron chi connectivity index (χ1n) is 3.78. The Bertz CT molecular complexity index is 460. The van der Waals surface area contributed by atoms with Crippen molar-refractivity contribution >= 4 is 5.52 Å². The molecule has 0 amide bonds. The van der Waals surface area contributed by atoms with E-state index in [2.05, 4.69) is 6.07 Å². The van der Waals surface area contributed by atoms with Crippen molar-refractivity contribution in [3.8, 4) is 6.07 Å². The van der Waals surface area contributed by atoms with E-state index in [9.17, 15) is 0 Å². The van der Waals surface area contributed by atoms with Crippen LogP contribution in [0.25, 0.3) is 5.52 Å². The Morgan fingerprint density at radius 2 is 2.08 bits per heavy atom. The Hall–Kier alpha value is -1.75. The monoisotopic (exact) mass is 156 g/mol. The second-order valence-corrected chi connectivity index (χ2v) is 2.84. The van der Waals surface area contributed by atoms with Gasteiger partial charge in [0.2, 0.25) is 0 Å². The lowest BCUT2D eigenvalue weighted by molar-refractivity contribution is 1.18. The zero-order chi connectivity index (χ0) is 8.55. The van der Waals surface area contributed by atoms with Crippen molar-refractivity contribution in [2.75, 3.05) is 0 Å². The van der Waals surface area contributed by atoms with E-state index in [1.807, 2.05) is 41.9 Å². The van der Waals surface area contributed by atoms with Gasteiger partial charge in [-0.15, -0.1) is 0 Å². The third-order valence-electron chi connectivity index (χ3n) is 1.94. The SMILES string of the molecule is Cc1ccn2ccc(C#N)c2c1. The van der Waals surface area contributed by atoms with E-state index in [4.69, 9.17) is 5.26 Å². The Morgan fingerprint density at radius 3 is 2.83 bits per heavy atom. The first-order valence-corrected chi connectivity index (χ1v) is 3.78. The van der Waals surface area contributed by atoms with Crippen LogP contribution in [0.1, 0.15) is 11.1 Å². The number of fused-ring (bicyclic) bond motifs is 1. The van der Waals surface area contributed by atoms with Crippen LogP contribution in [0.15, 0.2) is 30.6 Å². The number of hydrogen-bond donors (Lipinski definition) is 0. The summed E-state index contributed by atoms with van der Waals surface area (Å²) >= 11 is 0.